The van der Waals surface area contributed by atoms with E-state index in [0.29, 0.717) is 11.4 Å². The number of nitrogens with one attached hydrogen (secondary N) is 1. The number of fused-ring (bicyclic) bond motifs is 2. The molecule has 0 bridgehead atoms. The molecule has 11 nitrogen and oxygen atoms in total. The molecule has 0 saturated heterocycles. The fourth-order valence-corrected chi connectivity index (χ4v) is 6.93. The highest BCUT2D eigenvalue weighted by Gasteiger charge is 2.35. The van der Waals surface area contributed by atoms with Crippen molar-refractivity contribution < 1.29 is 32.6 Å². The maximum Gasteiger partial charge on any atom is 0.258 e. The zero-order valence-electron chi connectivity index (χ0n) is 26.6. The summed E-state index contributed by atoms with van der Waals surface area (Å²) in [6, 6.07) is 18.4. The van der Waals surface area contributed by atoms with E-state index < -0.39 is 22.2 Å². The van der Waals surface area contributed by atoms with Crippen molar-refractivity contribution in [2.24, 2.45) is 13.0 Å². The summed E-state index contributed by atoms with van der Waals surface area (Å²) in [5.74, 6) is -0.0834. The minimum Gasteiger partial charge on any atom is -0.497 e. The first-order valence-electron chi connectivity index (χ1n) is 15.1. The van der Waals surface area contributed by atoms with Gasteiger partial charge >= 0.3 is 0 Å². The summed E-state index contributed by atoms with van der Waals surface area (Å²) >= 11 is 0. The third-order valence-corrected chi connectivity index (χ3v) is 10.3. The van der Waals surface area contributed by atoms with Gasteiger partial charge in [-0.1, -0.05) is 25.1 Å². The zero-order chi connectivity index (χ0) is 33.2. The zero-order valence-corrected chi connectivity index (χ0v) is 27.5. The highest BCUT2D eigenvalue weighted by Crippen LogP contribution is 2.32. The molecule has 0 spiro atoms. The number of nitrogens with zero attached hydrogens (tertiary/aromatic N) is 3. The number of rotatable bonds is 10. The van der Waals surface area contributed by atoms with Crippen LogP contribution in [0.1, 0.15) is 29.8 Å². The number of methoxy groups -OCH3 is 1. The van der Waals surface area contributed by atoms with Gasteiger partial charge in [0, 0.05) is 49.3 Å². The van der Waals surface area contributed by atoms with Crippen LogP contribution >= 0.6 is 0 Å². The van der Waals surface area contributed by atoms with Crippen LogP contribution in [0, 0.1) is 5.92 Å². The Morgan fingerprint density at radius 2 is 1.87 bits per heavy atom. The van der Waals surface area contributed by atoms with Crippen LogP contribution < -0.4 is 14.8 Å². The number of aliphatic hydroxyl groups excluding tert-OH is 1. The standard InChI is InChI=1S/C34H40N4O7S/c1-22-18-38(23(2)21-39)34(41)29-17-25(35-33(40)16-24-19-36(3)30-9-7-6-8-28(24)30)10-15-31(29)45-32(22)20-37(4)46(42,43)27-13-11-26(44-5)12-14-27/h6-15,17,19,22-23,32,39H,16,18,20-21H2,1-5H3,(H,35,40)/t22-,23+,32+/m1/s1. The number of hydrogen-bond donors (Lipinski definition) is 2. The molecule has 12 heteroatoms. The summed E-state index contributed by atoms with van der Waals surface area (Å²) in [6.45, 7) is 3.60. The van der Waals surface area contributed by atoms with Gasteiger partial charge in [-0.25, -0.2) is 8.42 Å². The van der Waals surface area contributed by atoms with Gasteiger partial charge in [-0.05, 0) is 61.0 Å². The monoisotopic (exact) mass is 648 g/mol. The van der Waals surface area contributed by atoms with Gasteiger partial charge in [0.2, 0.25) is 15.9 Å². The summed E-state index contributed by atoms with van der Waals surface area (Å²) in [5, 5.41) is 13.9. The number of aliphatic hydroxyl groups is 1. The van der Waals surface area contributed by atoms with Crippen LogP contribution in [0.25, 0.3) is 10.9 Å². The van der Waals surface area contributed by atoms with E-state index in [2.05, 4.69) is 5.32 Å². The Morgan fingerprint density at radius 3 is 2.57 bits per heavy atom. The number of aryl methyl sites for hydroxylation is 1. The first-order valence-corrected chi connectivity index (χ1v) is 16.5. The Labute approximate surface area is 269 Å². The second kappa shape index (κ2) is 13.5. The fourth-order valence-electron chi connectivity index (χ4n) is 5.74. The predicted molar refractivity (Wildman–Crippen MR) is 176 cm³/mol. The molecule has 2 amide bonds. The van der Waals surface area contributed by atoms with Gasteiger partial charge in [0.25, 0.3) is 5.91 Å². The molecular weight excluding hydrogens is 608 g/mol. The highest BCUT2D eigenvalue weighted by molar-refractivity contribution is 7.89. The normalized spacial score (nSPS) is 17.6. The van der Waals surface area contributed by atoms with E-state index in [0.717, 1.165) is 16.5 Å². The van der Waals surface area contributed by atoms with Gasteiger partial charge < -0.3 is 29.4 Å². The third-order valence-electron chi connectivity index (χ3n) is 8.48. The minimum absolute atomic E-state index is 0.00796. The van der Waals surface area contributed by atoms with Crippen molar-refractivity contribution >= 4 is 38.4 Å². The quantitative estimate of drug-likeness (QED) is 0.267. The van der Waals surface area contributed by atoms with Crippen LogP contribution in [-0.2, 0) is 28.3 Å². The molecule has 0 unspecified atom stereocenters. The largest absolute Gasteiger partial charge is 0.497 e. The second-order valence-electron chi connectivity index (χ2n) is 11.8. The van der Waals surface area contributed by atoms with Crippen LogP contribution in [0.5, 0.6) is 11.5 Å². The van der Waals surface area contributed by atoms with Crippen molar-refractivity contribution in [3.05, 3.63) is 84.1 Å². The maximum absolute atomic E-state index is 13.8. The molecule has 1 aromatic heterocycles. The van der Waals surface area contributed by atoms with E-state index in [-0.39, 0.29) is 60.1 Å². The molecule has 4 aromatic rings. The van der Waals surface area contributed by atoms with E-state index in [1.807, 2.05) is 49.0 Å². The highest BCUT2D eigenvalue weighted by atomic mass is 32.2. The lowest BCUT2D eigenvalue weighted by atomic mass is 9.99. The van der Waals surface area contributed by atoms with Crippen LogP contribution in [0.4, 0.5) is 5.69 Å². The van der Waals surface area contributed by atoms with E-state index in [1.165, 1.54) is 30.6 Å². The Kier molecular flexibility index (Phi) is 9.71. The Balaban J connectivity index is 1.40. The third kappa shape index (κ3) is 6.74. The van der Waals surface area contributed by atoms with Crippen molar-refractivity contribution in [3.8, 4) is 11.5 Å². The molecule has 0 saturated carbocycles. The molecule has 3 aromatic carbocycles. The molecule has 46 heavy (non-hydrogen) atoms. The molecule has 0 fully saturated rings. The van der Waals surface area contributed by atoms with Crippen LogP contribution in [0.15, 0.2) is 77.8 Å². The first-order chi connectivity index (χ1) is 21.9. The van der Waals surface area contributed by atoms with Gasteiger partial charge in [0.1, 0.15) is 17.6 Å². The number of hydrogen-bond acceptors (Lipinski definition) is 7. The predicted octanol–water partition coefficient (Wildman–Crippen LogP) is 3.91. The maximum atomic E-state index is 13.8. The van der Waals surface area contributed by atoms with Gasteiger partial charge in [0.15, 0.2) is 0 Å². The summed E-state index contributed by atoms with van der Waals surface area (Å²) < 4.78 is 41.6. The number of anilines is 1. The number of carbonyl (C=O) groups is 2. The van der Waals surface area contributed by atoms with Crippen molar-refractivity contribution in [2.75, 3.05) is 39.2 Å². The summed E-state index contributed by atoms with van der Waals surface area (Å²) in [6.07, 6.45) is 1.44. The number of para-hydroxylation sites is 1. The molecule has 2 heterocycles. The number of amides is 2. The van der Waals surface area contributed by atoms with Crippen molar-refractivity contribution in [3.63, 3.8) is 0 Å². The Bertz CT molecular complexity index is 1840. The number of likely N-dealkylation sites (N-methyl/N-ethyl adjacent to an activating group) is 1. The van der Waals surface area contributed by atoms with Crippen LogP contribution in [-0.4, -0.2) is 85.1 Å². The lowest BCUT2D eigenvalue weighted by molar-refractivity contribution is -0.115. The molecule has 1 aliphatic rings. The molecular formula is C34H40N4O7S. The SMILES string of the molecule is COc1ccc(S(=O)(=O)N(C)C[C@@H]2Oc3ccc(NC(=O)Cc4cn(C)c5ccccc45)cc3C(=O)N([C@@H](C)CO)C[C@H]2C)cc1. The van der Waals surface area contributed by atoms with E-state index in [1.54, 1.807) is 42.2 Å². The molecule has 5 rings (SSSR count). The molecule has 3 atom stereocenters. The van der Waals surface area contributed by atoms with Crippen molar-refractivity contribution in [1.82, 2.24) is 13.8 Å². The average molecular weight is 649 g/mol. The van der Waals surface area contributed by atoms with E-state index in [4.69, 9.17) is 9.47 Å². The Morgan fingerprint density at radius 1 is 1.15 bits per heavy atom. The van der Waals surface area contributed by atoms with Crippen molar-refractivity contribution in [2.45, 2.75) is 37.3 Å². The summed E-state index contributed by atoms with van der Waals surface area (Å²) in [5.41, 5.74) is 2.54. The number of carbonyl (C=O) groups excluding carboxylic acids is 2. The van der Waals surface area contributed by atoms with Gasteiger partial charge in [-0.15, -0.1) is 0 Å². The summed E-state index contributed by atoms with van der Waals surface area (Å²) in [7, 11) is 1.07. The van der Waals surface area contributed by atoms with Crippen molar-refractivity contribution in [1.29, 1.82) is 0 Å². The topological polar surface area (TPSA) is 130 Å². The summed E-state index contributed by atoms with van der Waals surface area (Å²) in [4.78, 5) is 28.7. The molecule has 244 valence electrons. The fraction of sp³-hybridized carbons (Fsp3) is 0.353. The average Bonchev–Trinajstić information content (AvgIpc) is 3.36. The number of aromatic nitrogens is 1. The number of benzene rings is 3. The lowest BCUT2D eigenvalue weighted by Crippen LogP contribution is -2.50. The Hall–Kier alpha value is -4.39. The molecule has 2 N–H and O–H groups in total. The molecule has 0 aliphatic carbocycles. The van der Waals surface area contributed by atoms with Crippen LogP contribution in [0.3, 0.4) is 0 Å². The van der Waals surface area contributed by atoms with E-state index in [9.17, 15) is 23.1 Å². The van der Waals surface area contributed by atoms with E-state index >= 15 is 0 Å². The number of sulfonamides is 1. The smallest absolute Gasteiger partial charge is 0.258 e. The molecule has 0 radical (unpaired) electrons. The van der Waals surface area contributed by atoms with Gasteiger partial charge in [-0.2, -0.15) is 4.31 Å². The van der Waals surface area contributed by atoms with Crippen LogP contribution in [0.2, 0.25) is 0 Å². The lowest BCUT2D eigenvalue weighted by Gasteiger charge is -2.38. The minimum atomic E-state index is -3.86. The second-order valence-corrected chi connectivity index (χ2v) is 13.8. The van der Waals surface area contributed by atoms with Gasteiger partial charge in [-0.3, -0.25) is 9.59 Å². The molecule has 1 aliphatic heterocycles. The number of ether oxygens (including phenoxy) is 2. The van der Waals surface area contributed by atoms with Gasteiger partial charge in [0.05, 0.1) is 43.2 Å². The first kappa shape index (κ1) is 33.0.